The Morgan fingerprint density at radius 2 is 2.33 bits per heavy atom. The van der Waals surface area contributed by atoms with Crippen LogP contribution in [0.5, 0.6) is 0 Å². The lowest BCUT2D eigenvalue weighted by atomic mass is 9.93. The van der Waals surface area contributed by atoms with Crippen molar-refractivity contribution in [1.29, 1.82) is 0 Å². The Morgan fingerprint density at radius 1 is 1.56 bits per heavy atom. The second kappa shape index (κ2) is 7.61. The van der Waals surface area contributed by atoms with Crippen molar-refractivity contribution in [2.45, 2.75) is 38.3 Å². The monoisotopic (exact) mass is 294 g/mol. The van der Waals surface area contributed by atoms with Crippen LogP contribution in [0.4, 0.5) is 0 Å². The molecule has 0 bridgehead atoms. The maximum Gasteiger partial charge on any atom is 0.240 e. The number of hydrogen-bond donors (Lipinski definition) is 3. The lowest BCUT2D eigenvalue weighted by Crippen LogP contribution is -2.52. The van der Waals surface area contributed by atoms with Gasteiger partial charge < -0.3 is 15.6 Å². The normalized spacial score (nSPS) is 21.8. The number of aromatic amines is 1. The first-order valence-electron chi connectivity index (χ1n) is 5.78. The number of halogens is 2. The number of H-pyrrole nitrogens is 1. The van der Waals surface area contributed by atoms with Gasteiger partial charge in [0.25, 0.3) is 0 Å². The standard InChI is InChI=1S/C11H18N4O.2ClH/c1-2-11(4-3-5-15-11)10(16)14-8-9-12-6-7-13-9;;/h6-7,15H,2-5,8H2,1H3,(H,12,13)(H,14,16);2*1H. The number of carbonyl (C=O) groups is 1. The van der Waals surface area contributed by atoms with Crippen molar-refractivity contribution < 1.29 is 4.79 Å². The SMILES string of the molecule is CCC1(C(=O)NCc2ncc[nH]2)CCCN1.Cl.Cl. The minimum Gasteiger partial charge on any atom is -0.347 e. The second-order valence-electron chi connectivity index (χ2n) is 4.18. The van der Waals surface area contributed by atoms with Crippen LogP contribution in [-0.4, -0.2) is 28.0 Å². The molecule has 1 aromatic heterocycles. The van der Waals surface area contributed by atoms with Gasteiger partial charge in [-0.25, -0.2) is 4.98 Å². The summed E-state index contributed by atoms with van der Waals surface area (Å²) in [6.45, 7) is 3.45. The fourth-order valence-electron chi connectivity index (χ4n) is 2.19. The number of aromatic nitrogens is 2. The van der Waals surface area contributed by atoms with Crippen LogP contribution < -0.4 is 10.6 Å². The quantitative estimate of drug-likeness (QED) is 0.786. The fourth-order valence-corrected chi connectivity index (χ4v) is 2.19. The molecule has 1 aromatic rings. The summed E-state index contributed by atoms with van der Waals surface area (Å²) in [6, 6.07) is 0. The smallest absolute Gasteiger partial charge is 0.240 e. The molecule has 1 aliphatic rings. The highest BCUT2D eigenvalue weighted by molar-refractivity contribution is 5.86. The largest absolute Gasteiger partial charge is 0.347 e. The molecule has 1 aliphatic heterocycles. The summed E-state index contributed by atoms with van der Waals surface area (Å²) in [4.78, 5) is 19.1. The van der Waals surface area contributed by atoms with Gasteiger partial charge in [-0.05, 0) is 25.8 Å². The van der Waals surface area contributed by atoms with Crippen molar-refractivity contribution in [1.82, 2.24) is 20.6 Å². The maximum atomic E-state index is 12.1. The maximum absolute atomic E-state index is 12.1. The topological polar surface area (TPSA) is 69.8 Å². The van der Waals surface area contributed by atoms with Crippen molar-refractivity contribution >= 4 is 30.7 Å². The van der Waals surface area contributed by atoms with Crippen molar-refractivity contribution in [2.24, 2.45) is 0 Å². The molecule has 1 atom stereocenters. The van der Waals surface area contributed by atoms with Crippen molar-refractivity contribution in [3.8, 4) is 0 Å². The summed E-state index contributed by atoms with van der Waals surface area (Å²) in [5.41, 5.74) is -0.355. The molecule has 2 heterocycles. The van der Waals surface area contributed by atoms with Gasteiger partial charge in [0.15, 0.2) is 0 Å². The molecule has 0 aromatic carbocycles. The van der Waals surface area contributed by atoms with Gasteiger partial charge in [0.1, 0.15) is 5.82 Å². The third-order valence-corrected chi connectivity index (χ3v) is 3.25. The van der Waals surface area contributed by atoms with Gasteiger partial charge >= 0.3 is 0 Å². The Morgan fingerprint density at radius 3 is 2.83 bits per heavy atom. The molecule has 0 radical (unpaired) electrons. The van der Waals surface area contributed by atoms with Crippen LogP contribution in [0.25, 0.3) is 0 Å². The van der Waals surface area contributed by atoms with Crippen molar-refractivity contribution in [3.05, 3.63) is 18.2 Å². The average molecular weight is 295 g/mol. The van der Waals surface area contributed by atoms with E-state index in [1.165, 1.54) is 0 Å². The van der Waals surface area contributed by atoms with E-state index >= 15 is 0 Å². The summed E-state index contributed by atoms with van der Waals surface area (Å²) >= 11 is 0. The van der Waals surface area contributed by atoms with Gasteiger partial charge in [0.05, 0.1) is 12.1 Å². The summed E-state index contributed by atoms with van der Waals surface area (Å²) in [7, 11) is 0. The number of nitrogens with one attached hydrogen (secondary N) is 3. The molecule has 1 fully saturated rings. The van der Waals surface area contributed by atoms with Crippen molar-refractivity contribution in [3.63, 3.8) is 0 Å². The number of hydrogen-bond acceptors (Lipinski definition) is 3. The highest BCUT2D eigenvalue weighted by Crippen LogP contribution is 2.22. The first kappa shape index (κ1) is 17.2. The molecule has 1 amide bonds. The number of amides is 1. The number of carbonyl (C=O) groups excluding carboxylic acids is 1. The lowest BCUT2D eigenvalue weighted by molar-refractivity contribution is -0.127. The molecule has 1 unspecified atom stereocenters. The van der Waals surface area contributed by atoms with Gasteiger partial charge in [0, 0.05) is 12.4 Å². The van der Waals surface area contributed by atoms with E-state index in [2.05, 4.69) is 20.6 Å². The molecule has 1 saturated heterocycles. The predicted molar refractivity (Wildman–Crippen MR) is 75.2 cm³/mol. The Balaban J connectivity index is 0.00000144. The highest BCUT2D eigenvalue weighted by atomic mass is 35.5. The van der Waals surface area contributed by atoms with Crippen LogP contribution in [0.2, 0.25) is 0 Å². The Bertz CT molecular complexity index is 350. The minimum atomic E-state index is -0.355. The summed E-state index contributed by atoms with van der Waals surface area (Å²) < 4.78 is 0. The van der Waals surface area contributed by atoms with E-state index in [1.807, 2.05) is 6.92 Å². The second-order valence-corrected chi connectivity index (χ2v) is 4.18. The molecule has 0 spiro atoms. The highest BCUT2D eigenvalue weighted by Gasteiger charge is 2.38. The Labute approximate surface area is 119 Å². The molecule has 18 heavy (non-hydrogen) atoms. The molecule has 7 heteroatoms. The van der Waals surface area contributed by atoms with Gasteiger partial charge in [-0.1, -0.05) is 6.92 Å². The molecule has 2 rings (SSSR count). The zero-order valence-corrected chi connectivity index (χ0v) is 12.0. The average Bonchev–Trinajstić information content (AvgIpc) is 2.97. The first-order chi connectivity index (χ1) is 7.77. The van der Waals surface area contributed by atoms with Crippen LogP contribution in [-0.2, 0) is 11.3 Å². The van der Waals surface area contributed by atoms with E-state index < -0.39 is 0 Å². The predicted octanol–water partition coefficient (Wildman–Crippen LogP) is 1.40. The fraction of sp³-hybridized carbons (Fsp3) is 0.636. The van der Waals surface area contributed by atoms with Gasteiger partial charge in [-0.2, -0.15) is 0 Å². The third-order valence-electron chi connectivity index (χ3n) is 3.25. The molecular formula is C11H20Cl2N4O. The molecular weight excluding hydrogens is 275 g/mol. The summed E-state index contributed by atoms with van der Waals surface area (Å²) in [5, 5.41) is 6.23. The van der Waals surface area contributed by atoms with Crippen LogP contribution in [0.3, 0.4) is 0 Å². The third kappa shape index (κ3) is 3.60. The molecule has 3 N–H and O–H groups in total. The van der Waals surface area contributed by atoms with E-state index in [1.54, 1.807) is 12.4 Å². The van der Waals surface area contributed by atoms with Crippen LogP contribution in [0.1, 0.15) is 32.0 Å². The van der Waals surface area contributed by atoms with E-state index in [4.69, 9.17) is 0 Å². The number of imidazole rings is 1. The summed E-state index contributed by atoms with van der Waals surface area (Å²) in [6.07, 6.45) is 6.27. The lowest BCUT2D eigenvalue weighted by Gasteiger charge is -2.26. The zero-order chi connectivity index (χ0) is 11.4. The zero-order valence-electron chi connectivity index (χ0n) is 10.4. The Hall–Kier alpha value is -0.780. The number of rotatable bonds is 4. The first-order valence-corrected chi connectivity index (χ1v) is 5.78. The molecule has 104 valence electrons. The van der Waals surface area contributed by atoms with E-state index in [-0.39, 0.29) is 36.3 Å². The Kier molecular flexibility index (Phi) is 7.28. The van der Waals surface area contributed by atoms with E-state index in [9.17, 15) is 4.79 Å². The van der Waals surface area contributed by atoms with Crippen molar-refractivity contribution in [2.75, 3.05) is 6.54 Å². The van der Waals surface area contributed by atoms with E-state index in [0.29, 0.717) is 6.54 Å². The van der Waals surface area contributed by atoms with Crippen LogP contribution in [0, 0.1) is 0 Å². The van der Waals surface area contributed by atoms with Crippen LogP contribution >= 0.6 is 24.8 Å². The molecule has 0 aliphatic carbocycles. The van der Waals surface area contributed by atoms with Gasteiger partial charge in [0.2, 0.25) is 5.91 Å². The summed E-state index contributed by atoms with van der Waals surface area (Å²) in [5.74, 6) is 0.876. The van der Waals surface area contributed by atoms with Gasteiger partial charge in [-0.3, -0.25) is 4.79 Å². The number of nitrogens with zero attached hydrogens (tertiary/aromatic N) is 1. The molecule has 0 saturated carbocycles. The minimum absolute atomic E-state index is 0. The molecule has 5 nitrogen and oxygen atoms in total. The van der Waals surface area contributed by atoms with Gasteiger partial charge in [-0.15, -0.1) is 24.8 Å². The van der Waals surface area contributed by atoms with E-state index in [0.717, 1.165) is 31.6 Å². The van der Waals surface area contributed by atoms with Crippen LogP contribution in [0.15, 0.2) is 12.4 Å².